The third-order valence-electron chi connectivity index (χ3n) is 4.64. The van der Waals surface area contributed by atoms with Gasteiger partial charge in [0, 0.05) is 5.69 Å². The van der Waals surface area contributed by atoms with Crippen LogP contribution in [0.1, 0.15) is 18.9 Å². The minimum absolute atomic E-state index is 0.114. The van der Waals surface area contributed by atoms with Crippen LogP contribution in [0.15, 0.2) is 84.0 Å². The molecule has 0 aliphatic heterocycles. The molecule has 1 atom stereocenters. The van der Waals surface area contributed by atoms with Crippen molar-refractivity contribution in [3.63, 3.8) is 0 Å². The standard InChI is InChI=1S/C24H20ClFN4O2S/c1-16(32-19-13-11-17(26)12-14-19)23-28-29-24(30(23)18-7-3-2-4-8-18)33-15-22(31)27-21-10-6-5-9-20(21)25/h2-14,16H,15H2,1H3,(H,27,31). The van der Waals surface area contributed by atoms with Gasteiger partial charge >= 0.3 is 0 Å². The summed E-state index contributed by atoms with van der Waals surface area (Å²) in [5.41, 5.74) is 1.39. The first-order valence-electron chi connectivity index (χ1n) is 10.1. The summed E-state index contributed by atoms with van der Waals surface area (Å²) >= 11 is 7.37. The zero-order valence-electron chi connectivity index (χ0n) is 17.6. The van der Waals surface area contributed by atoms with E-state index in [1.165, 1.54) is 23.9 Å². The van der Waals surface area contributed by atoms with Gasteiger partial charge in [0.15, 0.2) is 17.1 Å². The molecule has 0 fully saturated rings. The van der Waals surface area contributed by atoms with Crippen molar-refractivity contribution in [3.8, 4) is 11.4 Å². The maximum atomic E-state index is 13.2. The van der Waals surface area contributed by atoms with Crippen LogP contribution in [0.4, 0.5) is 10.1 Å². The third-order valence-corrected chi connectivity index (χ3v) is 5.90. The molecule has 4 rings (SSSR count). The van der Waals surface area contributed by atoms with Gasteiger partial charge in [0.1, 0.15) is 11.6 Å². The van der Waals surface area contributed by atoms with Gasteiger partial charge in [-0.1, -0.05) is 53.7 Å². The number of benzene rings is 3. The molecule has 1 N–H and O–H groups in total. The summed E-state index contributed by atoms with van der Waals surface area (Å²) in [4.78, 5) is 12.5. The SMILES string of the molecule is CC(Oc1ccc(F)cc1)c1nnc(SCC(=O)Nc2ccccc2Cl)n1-c1ccccc1. The molecule has 1 aromatic heterocycles. The predicted octanol–water partition coefficient (Wildman–Crippen LogP) is 5.93. The van der Waals surface area contributed by atoms with Gasteiger partial charge in [-0.15, -0.1) is 10.2 Å². The fraction of sp³-hybridized carbons (Fsp3) is 0.125. The Hall–Kier alpha value is -3.36. The highest BCUT2D eigenvalue weighted by Gasteiger charge is 2.21. The van der Waals surface area contributed by atoms with Crippen LogP contribution in [0, 0.1) is 5.82 Å². The average molecular weight is 483 g/mol. The maximum Gasteiger partial charge on any atom is 0.234 e. The Morgan fingerprint density at radius 3 is 2.48 bits per heavy atom. The molecule has 3 aromatic carbocycles. The lowest BCUT2D eigenvalue weighted by molar-refractivity contribution is -0.113. The topological polar surface area (TPSA) is 69.0 Å². The highest BCUT2D eigenvalue weighted by Crippen LogP contribution is 2.28. The van der Waals surface area contributed by atoms with E-state index in [4.69, 9.17) is 16.3 Å². The van der Waals surface area contributed by atoms with Crippen LogP contribution in [0.25, 0.3) is 5.69 Å². The molecule has 33 heavy (non-hydrogen) atoms. The average Bonchev–Trinajstić information content (AvgIpc) is 3.25. The van der Waals surface area contributed by atoms with Crippen molar-refractivity contribution in [1.82, 2.24) is 14.8 Å². The first kappa shape index (κ1) is 22.8. The summed E-state index contributed by atoms with van der Waals surface area (Å²) in [7, 11) is 0. The van der Waals surface area contributed by atoms with Crippen molar-refractivity contribution in [2.45, 2.75) is 18.2 Å². The van der Waals surface area contributed by atoms with E-state index >= 15 is 0 Å². The van der Waals surface area contributed by atoms with Crippen LogP contribution in [-0.4, -0.2) is 26.4 Å². The molecule has 0 bridgehead atoms. The van der Waals surface area contributed by atoms with Gasteiger partial charge in [-0.2, -0.15) is 0 Å². The van der Waals surface area contributed by atoms with E-state index in [1.807, 2.05) is 41.8 Å². The van der Waals surface area contributed by atoms with E-state index in [1.54, 1.807) is 36.4 Å². The molecule has 9 heteroatoms. The van der Waals surface area contributed by atoms with E-state index in [9.17, 15) is 9.18 Å². The fourth-order valence-corrected chi connectivity index (χ4v) is 4.05. The first-order valence-corrected chi connectivity index (χ1v) is 11.5. The number of halogens is 2. The molecule has 0 spiro atoms. The molecule has 1 heterocycles. The molecule has 168 valence electrons. The predicted molar refractivity (Wildman–Crippen MR) is 128 cm³/mol. The quantitative estimate of drug-likeness (QED) is 0.315. The highest BCUT2D eigenvalue weighted by molar-refractivity contribution is 7.99. The maximum absolute atomic E-state index is 13.2. The molecule has 4 aromatic rings. The highest BCUT2D eigenvalue weighted by atomic mass is 35.5. The molecule has 0 saturated heterocycles. The summed E-state index contributed by atoms with van der Waals surface area (Å²) < 4.78 is 21.0. The van der Waals surface area contributed by atoms with Crippen LogP contribution in [0.3, 0.4) is 0 Å². The number of ether oxygens (including phenoxy) is 1. The monoisotopic (exact) mass is 482 g/mol. The lowest BCUT2D eigenvalue weighted by Crippen LogP contribution is -2.15. The number of para-hydroxylation sites is 2. The second-order valence-corrected chi connectivity index (χ2v) is 8.39. The van der Waals surface area contributed by atoms with Crippen LogP contribution in [0.5, 0.6) is 5.75 Å². The summed E-state index contributed by atoms with van der Waals surface area (Å²) in [6, 6.07) is 22.4. The number of carbonyl (C=O) groups excluding carboxylic acids is 1. The number of nitrogens with one attached hydrogen (secondary N) is 1. The molecular formula is C24H20ClFN4O2S. The van der Waals surface area contributed by atoms with Crippen LogP contribution in [-0.2, 0) is 4.79 Å². The van der Waals surface area contributed by atoms with Gasteiger partial charge in [-0.05, 0) is 55.5 Å². The second-order valence-electron chi connectivity index (χ2n) is 7.04. The minimum atomic E-state index is -0.477. The number of amides is 1. The summed E-state index contributed by atoms with van der Waals surface area (Å²) in [6.45, 7) is 1.84. The second kappa shape index (κ2) is 10.5. The number of rotatable bonds is 8. The smallest absolute Gasteiger partial charge is 0.234 e. The number of hydrogen-bond acceptors (Lipinski definition) is 5. The number of carbonyl (C=O) groups is 1. The van der Waals surface area contributed by atoms with E-state index in [0.717, 1.165) is 5.69 Å². The lowest BCUT2D eigenvalue weighted by Gasteiger charge is -2.16. The van der Waals surface area contributed by atoms with E-state index in [2.05, 4.69) is 15.5 Å². The Morgan fingerprint density at radius 1 is 1.06 bits per heavy atom. The van der Waals surface area contributed by atoms with E-state index < -0.39 is 6.10 Å². The number of hydrogen-bond donors (Lipinski definition) is 1. The van der Waals surface area contributed by atoms with Gasteiger partial charge in [0.25, 0.3) is 0 Å². The van der Waals surface area contributed by atoms with Crippen molar-refractivity contribution in [1.29, 1.82) is 0 Å². The Labute approximate surface area is 199 Å². The minimum Gasteiger partial charge on any atom is -0.483 e. The fourth-order valence-electron chi connectivity index (χ4n) is 3.11. The Bertz CT molecular complexity index is 1230. The van der Waals surface area contributed by atoms with Gasteiger partial charge < -0.3 is 10.1 Å². The van der Waals surface area contributed by atoms with Gasteiger partial charge in [0.05, 0.1) is 16.5 Å². The molecular weight excluding hydrogens is 463 g/mol. The zero-order chi connectivity index (χ0) is 23.2. The van der Waals surface area contributed by atoms with Gasteiger partial charge in [0.2, 0.25) is 5.91 Å². The molecule has 6 nitrogen and oxygen atoms in total. The van der Waals surface area contributed by atoms with Crippen molar-refractivity contribution < 1.29 is 13.9 Å². The Morgan fingerprint density at radius 2 is 1.76 bits per heavy atom. The number of aromatic nitrogens is 3. The number of thioether (sulfide) groups is 1. The van der Waals surface area contributed by atoms with Gasteiger partial charge in [-0.3, -0.25) is 9.36 Å². The van der Waals surface area contributed by atoms with Crippen molar-refractivity contribution in [3.05, 3.63) is 95.5 Å². The molecule has 0 aliphatic rings. The van der Waals surface area contributed by atoms with Crippen molar-refractivity contribution >= 4 is 35.0 Å². The summed E-state index contributed by atoms with van der Waals surface area (Å²) in [5, 5.41) is 12.4. The van der Waals surface area contributed by atoms with Crippen molar-refractivity contribution in [2.75, 3.05) is 11.1 Å². The molecule has 0 radical (unpaired) electrons. The summed E-state index contributed by atoms with van der Waals surface area (Å²) in [5.74, 6) is 0.632. The molecule has 1 unspecified atom stereocenters. The Balaban J connectivity index is 1.54. The molecule has 1 amide bonds. The van der Waals surface area contributed by atoms with Gasteiger partial charge in [-0.25, -0.2) is 4.39 Å². The zero-order valence-corrected chi connectivity index (χ0v) is 19.2. The van der Waals surface area contributed by atoms with Crippen LogP contribution >= 0.6 is 23.4 Å². The van der Waals surface area contributed by atoms with Crippen LogP contribution < -0.4 is 10.1 Å². The first-order chi connectivity index (χ1) is 16.0. The largest absolute Gasteiger partial charge is 0.483 e. The molecule has 0 saturated carbocycles. The Kier molecular flexibility index (Phi) is 7.26. The third kappa shape index (κ3) is 5.71. The normalized spacial score (nSPS) is 11.7. The summed E-state index contributed by atoms with van der Waals surface area (Å²) in [6.07, 6.45) is -0.477. The number of nitrogens with zero attached hydrogens (tertiary/aromatic N) is 3. The van der Waals surface area contributed by atoms with Crippen molar-refractivity contribution in [2.24, 2.45) is 0 Å². The van der Waals surface area contributed by atoms with E-state index in [-0.39, 0.29) is 17.5 Å². The number of anilines is 1. The van der Waals surface area contributed by atoms with E-state index in [0.29, 0.717) is 27.4 Å². The lowest BCUT2D eigenvalue weighted by atomic mass is 10.3. The molecule has 0 aliphatic carbocycles. The van der Waals surface area contributed by atoms with Crippen LogP contribution in [0.2, 0.25) is 5.02 Å².